The average molecular weight is 210 g/mol. The van der Waals surface area contributed by atoms with Crippen molar-refractivity contribution in [3.63, 3.8) is 0 Å². The van der Waals surface area contributed by atoms with Crippen molar-refractivity contribution in [3.05, 3.63) is 29.3 Å². The van der Waals surface area contributed by atoms with Gasteiger partial charge in [-0.15, -0.1) is 0 Å². The molecule has 5 heteroatoms. The normalized spacial score (nSPS) is 9.87. The summed E-state index contributed by atoms with van der Waals surface area (Å²) in [5.74, 6) is -2.17. The van der Waals surface area contributed by atoms with Gasteiger partial charge in [-0.1, -0.05) is 6.07 Å². The van der Waals surface area contributed by atoms with E-state index >= 15 is 0 Å². The van der Waals surface area contributed by atoms with E-state index in [9.17, 15) is 14.7 Å². The van der Waals surface area contributed by atoms with Gasteiger partial charge in [0, 0.05) is 0 Å². The van der Waals surface area contributed by atoms with Crippen molar-refractivity contribution < 1.29 is 24.9 Å². The van der Waals surface area contributed by atoms with Gasteiger partial charge in [0.2, 0.25) is 0 Å². The second-order valence-corrected chi connectivity index (χ2v) is 3.15. The summed E-state index contributed by atoms with van der Waals surface area (Å²) in [5, 5.41) is 26.3. The number of rotatable bonds is 4. The Morgan fingerprint density at radius 1 is 0.933 bits per heavy atom. The van der Waals surface area contributed by atoms with Crippen LogP contribution in [0.15, 0.2) is 18.2 Å². The number of hydrogen-bond acceptors (Lipinski definition) is 3. The number of hydrogen-bond donors (Lipinski definition) is 3. The molecule has 0 bridgehead atoms. The third kappa shape index (κ3) is 3.68. The van der Waals surface area contributed by atoms with Gasteiger partial charge in [-0.05, 0) is 23.3 Å². The van der Waals surface area contributed by atoms with Gasteiger partial charge in [0.05, 0.1) is 12.8 Å². The first-order chi connectivity index (χ1) is 6.97. The van der Waals surface area contributed by atoms with E-state index in [1.165, 1.54) is 18.2 Å². The third-order valence-corrected chi connectivity index (χ3v) is 1.75. The van der Waals surface area contributed by atoms with Crippen LogP contribution in [0.25, 0.3) is 0 Å². The maximum absolute atomic E-state index is 10.4. The molecule has 0 spiro atoms. The fraction of sp³-hybridized carbons (Fsp3) is 0.200. The van der Waals surface area contributed by atoms with E-state index in [0.717, 1.165) is 0 Å². The number of benzene rings is 1. The van der Waals surface area contributed by atoms with Gasteiger partial charge in [-0.25, -0.2) is 0 Å². The highest BCUT2D eigenvalue weighted by Crippen LogP contribution is 2.16. The zero-order chi connectivity index (χ0) is 11.4. The van der Waals surface area contributed by atoms with Crippen molar-refractivity contribution in [2.45, 2.75) is 12.8 Å². The zero-order valence-electron chi connectivity index (χ0n) is 7.80. The lowest BCUT2D eigenvalue weighted by atomic mass is 10.1. The van der Waals surface area contributed by atoms with Crippen molar-refractivity contribution in [3.8, 4) is 5.75 Å². The summed E-state index contributed by atoms with van der Waals surface area (Å²) in [5.41, 5.74) is 0.775. The minimum Gasteiger partial charge on any atom is -0.508 e. The fourth-order valence-corrected chi connectivity index (χ4v) is 1.30. The molecule has 0 aliphatic heterocycles. The van der Waals surface area contributed by atoms with E-state index < -0.39 is 11.9 Å². The van der Waals surface area contributed by atoms with Crippen LogP contribution in [0.5, 0.6) is 5.75 Å². The van der Waals surface area contributed by atoms with E-state index in [1.807, 2.05) is 0 Å². The number of carboxylic acids is 2. The minimum atomic E-state index is -1.03. The molecule has 0 saturated heterocycles. The molecule has 1 aromatic rings. The number of carboxylic acid groups (broad SMARTS) is 2. The monoisotopic (exact) mass is 210 g/mol. The number of phenolic OH excluding ortho intramolecular Hbond substituents is 1. The highest BCUT2D eigenvalue weighted by molar-refractivity contribution is 5.72. The van der Waals surface area contributed by atoms with Crippen LogP contribution in [0.1, 0.15) is 11.1 Å². The molecule has 0 aliphatic rings. The molecular formula is C10H10O5. The molecule has 5 nitrogen and oxygen atoms in total. The Morgan fingerprint density at radius 2 is 1.33 bits per heavy atom. The highest BCUT2D eigenvalue weighted by atomic mass is 16.4. The van der Waals surface area contributed by atoms with Crippen LogP contribution in [0.4, 0.5) is 0 Å². The smallest absolute Gasteiger partial charge is 0.307 e. The Labute approximate surface area is 85.6 Å². The quantitative estimate of drug-likeness (QED) is 0.678. The molecule has 0 saturated carbocycles. The summed E-state index contributed by atoms with van der Waals surface area (Å²) < 4.78 is 0. The Morgan fingerprint density at radius 3 is 1.67 bits per heavy atom. The summed E-state index contributed by atoms with van der Waals surface area (Å²) in [6, 6.07) is 4.07. The van der Waals surface area contributed by atoms with E-state index in [0.29, 0.717) is 11.1 Å². The molecule has 80 valence electrons. The molecule has 0 aromatic heterocycles. The molecule has 0 amide bonds. The average Bonchev–Trinajstić information content (AvgIpc) is 1.98. The topological polar surface area (TPSA) is 94.8 Å². The third-order valence-electron chi connectivity index (χ3n) is 1.75. The van der Waals surface area contributed by atoms with Crippen LogP contribution in [0.2, 0.25) is 0 Å². The molecule has 0 unspecified atom stereocenters. The second kappa shape index (κ2) is 4.45. The maximum atomic E-state index is 10.4. The summed E-state index contributed by atoms with van der Waals surface area (Å²) in [6.07, 6.45) is -0.470. The molecular weight excluding hydrogens is 200 g/mol. The minimum absolute atomic E-state index is 0.120. The van der Waals surface area contributed by atoms with Gasteiger partial charge < -0.3 is 15.3 Å². The van der Waals surface area contributed by atoms with Crippen molar-refractivity contribution in [1.82, 2.24) is 0 Å². The molecule has 1 aromatic carbocycles. The van der Waals surface area contributed by atoms with Crippen LogP contribution in [0, 0.1) is 0 Å². The van der Waals surface area contributed by atoms with Crippen molar-refractivity contribution in [2.24, 2.45) is 0 Å². The molecule has 0 heterocycles. The Balaban J connectivity index is 2.94. The van der Waals surface area contributed by atoms with E-state index in [4.69, 9.17) is 10.2 Å². The van der Waals surface area contributed by atoms with Gasteiger partial charge in [-0.2, -0.15) is 0 Å². The van der Waals surface area contributed by atoms with Crippen molar-refractivity contribution >= 4 is 11.9 Å². The summed E-state index contributed by atoms with van der Waals surface area (Å²) >= 11 is 0. The van der Waals surface area contributed by atoms with Crippen LogP contribution in [-0.4, -0.2) is 27.3 Å². The molecule has 0 atom stereocenters. The Hall–Kier alpha value is -2.04. The highest BCUT2D eigenvalue weighted by Gasteiger charge is 2.06. The van der Waals surface area contributed by atoms with Gasteiger partial charge in [0.1, 0.15) is 5.75 Å². The van der Waals surface area contributed by atoms with Crippen LogP contribution in [-0.2, 0) is 22.4 Å². The van der Waals surface area contributed by atoms with E-state index in [-0.39, 0.29) is 18.6 Å². The number of carbonyl (C=O) groups is 2. The van der Waals surface area contributed by atoms with Gasteiger partial charge in [0.25, 0.3) is 0 Å². The zero-order valence-corrected chi connectivity index (χ0v) is 7.80. The van der Waals surface area contributed by atoms with Crippen molar-refractivity contribution in [1.29, 1.82) is 0 Å². The summed E-state index contributed by atoms with van der Waals surface area (Å²) in [7, 11) is 0. The lowest BCUT2D eigenvalue weighted by Crippen LogP contribution is -2.03. The Kier molecular flexibility index (Phi) is 3.28. The van der Waals surface area contributed by atoms with Crippen LogP contribution < -0.4 is 0 Å². The SMILES string of the molecule is O=C(O)Cc1cc(O)cc(CC(=O)O)c1. The van der Waals surface area contributed by atoms with Crippen molar-refractivity contribution in [2.75, 3.05) is 0 Å². The molecule has 0 radical (unpaired) electrons. The molecule has 0 aliphatic carbocycles. The molecule has 0 fully saturated rings. The first-order valence-corrected chi connectivity index (χ1v) is 4.23. The largest absolute Gasteiger partial charge is 0.508 e. The second-order valence-electron chi connectivity index (χ2n) is 3.15. The number of phenols is 1. The predicted molar refractivity (Wildman–Crippen MR) is 50.8 cm³/mol. The summed E-state index contributed by atoms with van der Waals surface area (Å²) in [4.78, 5) is 20.8. The van der Waals surface area contributed by atoms with Crippen LogP contribution >= 0.6 is 0 Å². The first-order valence-electron chi connectivity index (χ1n) is 4.23. The van der Waals surface area contributed by atoms with Gasteiger partial charge in [0.15, 0.2) is 0 Å². The molecule has 3 N–H and O–H groups in total. The predicted octanol–water partition coefficient (Wildman–Crippen LogP) is 0.646. The van der Waals surface area contributed by atoms with Crippen LogP contribution in [0.3, 0.4) is 0 Å². The Bertz CT molecular complexity index is 363. The number of aromatic hydroxyl groups is 1. The fourth-order valence-electron chi connectivity index (χ4n) is 1.30. The lowest BCUT2D eigenvalue weighted by molar-refractivity contribution is -0.137. The number of aliphatic carboxylic acids is 2. The standard InChI is InChI=1S/C10H10O5/c11-8-2-6(4-9(12)13)1-7(3-8)5-10(14)15/h1-3,11H,4-5H2,(H,12,13)(H,14,15). The molecule has 1 rings (SSSR count). The van der Waals surface area contributed by atoms with Gasteiger partial charge in [-0.3, -0.25) is 9.59 Å². The summed E-state index contributed by atoms with van der Waals surface area (Å²) in [6.45, 7) is 0. The lowest BCUT2D eigenvalue weighted by Gasteiger charge is -2.03. The van der Waals surface area contributed by atoms with Gasteiger partial charge >= 0.3 is 11.9 Å². The maximum Gasteiger partial charge on any atom is 0.307 e. The molecule has 15 heavy (non-hydrogen) atoms. The van der Waals surface area contributed by atoms with E-state index in [2.05, 4.69) is 0 Å². The first kappa shape index (κ1) is 11.0. The van der Waals surface area contributed by atoms with E-state index in [1.54, 1.807) is 0 Å².